The molecule has 33 rings (SSSR count). The molecule has 0 N–H and O–H groups in total. The monoisotopic (exact) mass is 1880 g/mol. The van der Waals surface area contributed by atoms with Gasteiger partial charge in [0.05, 0.1) is 27.1 Å². The molecule has 23 aromatic carbocycles. The molecule has 0 nitrogen and oxygen atoms in total. The fraction of sp³-hybridized carbons (Fsp3) is 0.0676. The molecular weight excluding hydrogens is 1780 g/mol. The first kappa shape index (κ1) is 86.7. The molecule has 10 aliphatic rings. The maximum absolute atomic E-state index is 2.44. The van der Waals surface area contributed by atoms with Gasteiger partial charge in [-0.15, -0.1) is 0 Å². The molecule has 0 aliphatic heterocycles. The van der Waals surface area contributed by atoms with E-state index >= 15 is 0 Å². The Balaban J connectivity index is 0.0000000875. The summed E-state index contributed by atoms with van der Waals surface area (Å²) in [5, 5.41) is 0. The van der Waals surface area contributed by atoms with Crippen LogP contribution in [0.5, 0.6) is 0 Å². The molecule has 0 bridgehead atoms. The van der Waals surface area contributed by atoms with Crippen molar-refractivity contribution in [3.05, 3.63) is 667 Å². The summed E-state index contributed by atoms with van der Waals surface area (Å²) in [4.78, 5) is 0. The van der Waals surface area contributed by atoms with Gasteiger partial charge in [0, 0.05) is 0 Å². The van der Waals surface area contributed by atoms with E-state index in [1.54, 1.807) is 0 Å². The molecule has 0 heterocycles. The minimum atomic E-state index is -0.269. The molecule has 694 valence electrons. The Morgan fingerprint density at radius 1 is 0.101 bits per heavy atom. The lowest BCUT2D eigenvalue weighted by Gasteiger charge is -2.31. The summed E-state index contributed by atoms with van der Waals surface area (Å²) in [7, 11) is 0. The average molecular weight is 1880 g/mol. The summed E-state index contributed by atoms with van der Waals surface area (Å²) in [6.45, 7) is 11.0. The fourth-order valence-corrected chi connectivity index (χ4v) is 28.7. The van der Waals surface area contributed by atoms with Gasteiger partial charge < -0.3 is 0 Å². The van der Waals surface area contributed by atoms with Crippen molar-refractivity contribution in [1.82, 2.24) is 0 Å². The second kappa shape index (κ2) is 33.3. The van der Waals surface area contributed by atoms with Crippen molar-refractivity contribution in [1.29, 1.82) is 0 Å². The highest BCUT2D eigenvalue weighted by molar-refractivity contribution is 6.03. The van der Waals surface area contributed by atoms with E-state index in [2.05, 4.69) is 562 Å². The average Bonchev–Trinajstić information content (AvgIpc) is 1.55. The van der Waals surface area contributed by atoms with Crippen LogP contribution in [0.25, 0.3) is 145 Å². The Labute approximate surface area is 866 Å². The van der Waals surface area contributed by atoms with Crippen LogP contribution in [0.2, 0.25) is 0 Å². The van der Waals surface area contributed by atoms with Crippen LogP contribution in [-0.4, -0.2) is 0 Å². The molecule has 0 fully saturated rings. The first-order chi connectivity index (χ1) is 73.0. The summed E-state index contributed by atoms with van der Waals surface area (Å²) in [5.41, 5.74) is 68.4. The molecule has 10 aliphatic carbocycles. The zero-order valence-electron chi connectivity index (χ0n) is 83.2. The lowest BCUT2D eigenvalue weighted by molar-refractivity contribution is 0.786. The second-order valence-corrected chi connectivity index (χ2v) is 41.9. The van der Waals surface area contributed by atoms with Crippen LogP contribution in [0.15, 0.2) is 528 Å². The minimum Gasteiger partial charge on any atom is -0.0622 e. The quantitative estimate of drug-likeness (QED) is 0.165. The standard InChI is InChI=1S/3C32H22.2C26H18/c1-21-14-16-22(17-15-21)23-18-19-27-26-10-4-7-13-30(26)32(31(27)20-23)28-11-5-2-8-24(28)25-9-3-6-12-29(25)32;1-21-15-17-26-24-11-5-7-13-28(24)32(30(26)19-21)29-14-8-6-12-25(29)27-18-16-23(20-31(27)32)22-9-3-2-4-10-22;1-21-15-17-26-27-18-16-23(22-9-3-2-4-10-22)20-31(27)32(30(26)19-21)28-13-7-5-11-24(28)25-12-6-8-14-29(25)32;1-17-9-8-13-21-20-12-4-7-16-24(20)26(25(17)21)22-14-5-2-10-18(22)19-11-3-6-15-23(19)26;1-17-14-15-25-21(16-17)20-10-4-7-13-24(20)26(25)22-11-5-2-8-18(22)19-9-3-6-12-23(19)26/h3*2-20H,1H3;2*2-16H,1H3. The van der Waals surface area contributed by atoms with E-state index < -0.39 is 0 Å². The Hall–Kier alpha value is -17.9. The van der Waals surface area contributed by atoms with Crippen molar-refractivity contribution >= 4 is 0 Å². The van der Waals surface area contributed by atoms with E-state index in [1.165, 1.54) is 284 Å². The lowest BCUT2D eigenvalue weighted by Crippen LogP contribution is -2.26. The Morgan fingerprint density at radius 2 is 0.284 bits per heavy atom. The Kier molecular flexibility index (Phi) is 19.5. The van der Waals surface area contributed by atoms with Crippen LogP contribution in [0.3, 0.4) is 0 Å². The van der Waals surface area contributed by atoms with Gasteiger partial charge in [0.1, 0.15) is 0 Å². The van der Waals surface area contributed by atoms with E-state index in [1.807, 2.05) is 0 Å². The van der Waals surface area contributed by atoms with Gasteiger partial charge in [-0.25, -0.2) is 0 Å². The first-order valence-electron chi connectivity index (χ1n) is 52.3. The second-order valence-electron chi connectivity index (χ2n) is 41.9. The van der Waals surface area contributed by atoms with Gasteiger partial charge in [-0.2, -0.15) is 0 Å². The fourth-order valence-electron chi connectivity index (χ4n) is 28.7. The molecule has 1 unspecified atom stereocenters. The zero-order chi connectivity index (χ0) is 98.5. The third kappa shape index (κ3) is 12.0. The topological polar surface area (TPSA) is 0 Å². The van der Waals surface area contributed by atoms with Crippen molar-refractivity contribution in [3.63, 3.8) is 0 Å². The third-order valence-corrected chi connectivity index (χ3v) is 34.5. The van der Waals surface area contributed by atoms with E-state index in [9.17, 15) is 0 Å². The molecule has 5 spiro atoms. The normalized spacial score (nSPS) is 14.9. The molecule has 0 heteroatoms. The van der Waals surface area contributed by atoms with E-state index in [0.717, 1.165) is 0 Å². The molecule has 0 saturated carbocycles. The molecule has 0 aromatic heterocycles. The molecular formula is C148H102. The highest BCUT2D eigenvalue weighted by Crippen LogP contribution is 2.70. The number of fused-ring (bicyclic) bond motifs is 50. The van der Waals surface area contributed by atoms with Crippen LogP contribution in [0.1, 0.15) is 139 Å². The summed E-state index contributed by atoms with van der Waals surface area (Å²) in [5.74, 6) is 0. The molecule has 0 saturated heterocycles. The number of rotatable bonds is 3. The number of hydrogen-bond donors (Lipinski definition) is 0. The maximum atomic E-state index is 2.44. The van der Waals surface area contributed by atoms with E-state index in [-0.39, 0.29) is 27.1 Å². The van der Waals surface area contributed by atoms with E-state index in [0.29, 0.717) is 0 Å². The molecule has 0 radical (unpaired) electrons. The first-order valence-corrected chi connectivity index (χ1v) is 52.3. The summed E-state index contributed by atoms with van der Waals surface area (Å²) in [6, 6.07) is 196. The van der Waals surface area contributed by atoms with Gasteiger partial charge in [0.15, 0.2) is 0 Å². The minimum absolute atomic E-state index is 0.188. The smallest absolute Gasteiger partial charge is 0.0622 e. The van der Waals surface area contributed by atoms with Crippen molar-refractivity contribution < 1.29 is 0 Å². The van der Waals surface area contributed by atoms with Crippen LogP contribution in [0.4, 0.5) is 0 Å². The SMILES string of the molecule is Cc1ccc(-c2ccc3c(c2)C2(c4ccccc4-c4ccccc42)c2ccccc2-3)cc1.Cc1ccc2c(c1)-c1ccccc1C21c2ccccc2-c2ccccc21.Cc1ccc2c(c1)C1(c3ccccc3-2)c2ccccc2-c2ccc(-c3ccccc3)cc21.Cc1ccc2c(c1)C1(c3ccccc3-c3ccccc31)c1cc(-c3ccccc3)ccc1-2.Cc1cccc2c1C1(c3ccccc3-c3ccccc31)c1ccccc1-2. The molecule has 1 atom stereocenters. The Morgan fingerprint density at radius 3 is 0.581 bits per heavy atom. The van der Waals surface area contributed by atoms with Crippen LogP contribution >= 0.6 is 0 Å². The number of aryl methyl sites for hydroxylation is 5. The molecule has 0 amide bonds. The number of hydrogen-bond acceptors (Lipinski definition) is 0. The Bertz CT molecular complexity index is 9150. The van der Waals surface area contributed by atoms with Gasteiger partial charge in [-0.3, -0.25) is 0 Å². The van der Waals surface area contributed by atoms with Gasteiger partial charge in [0.25, 0.3) is 0 Å². The van der Waals surface area contributed by atoms with Gasteiger partial charge >= 0.3 is 0 Å². The maximum Gasteiger partial charge on any atom is 0.0728 e. The largest absolute Gasteiger partial charge is 0.0728 e. The molecule has 148 heavy (non-hydrogen) atoms. The number of benzene rings is 23. The lowest BCUT2D eigenvalue weighted by atomic mass is 9.69. The van der Waals surface area contributed by atoms with Crippen LogP contribution in [0, 0.1) is 34.6 Å². The summed E-state index contributed by atoms with van der Waals surface area (Å²) >= 11 is 0. The van der Waals surface area contributed by atoms with Crippen LogP contribution in [-0.2, 0) is 27.1 Å². The van der Waals surface area contributed by atoms with E-state index in [4.69, 9.17) is 0 Å². The van der Waals surface area contributed by atoms with Crippen molar-refractivity contribution in [3.8, 4) is 145 Å². The highest BCUT2D eigenvalue weighted by atomic mass is 14.6. The summed E-state index contributed by atoms with van der Waals surface area (Å²) in [6.07, 6.45) is 0. The van der Waals surface area contributed by atoms with Gasteiger partial charge in [-0.1, -0.05) is 532 Å². The predicted octanol–water partition coefficient (Wildman–Crippen LogP) is 36.7. The molecule has 23 aromatic rings. The third-order valence-electron chi connectivity index (χ3n) is 34.5. The van der Waals surface area contributed by atoms with Crippen molar-refractivity contribution in [2.24, 2.45) is 0 Å². The van der Waals surface area contributed by atoms with Gasteiger partial charge in [0.2, 0.25) is 0 Å². The van der Waals surface area contributed by atoms with Crippen molar-refractivity contribution in [2.45, 2.75) is 61.7 Å². The highest BCUT2D eigenvalue weighted by Gasteiger charge is 2.58. The van der Waals surface area contributed by atoms with Crippen LogP contribution < -0.4 is 0 Å². The predicted molar refractivity (Wildman–Crippen MR) is 614 cm³/mol. The van der Waals surface area contributed by atoms with Crippen molar-refractivity contribution in [2.75, 3.05) is 0 Å². The zero-order valence-corrected chi connectivity index (χ0v) is 83.2. The summed E-state index contributed by atoms with van der Waals surface area (Å²) < 4.78 is 0. The van der Waals surface area contributed by atoms with Gasteiger partial charge in [-0.05, 0) is 314 Å².